The van der Waals surface area contributed by atoms with E-state index >= 15 is 0 Å². The number of anilines is 6. The fraction of sp³-hybridized carbons (Fsp3) is 0.100. The van der Waals surface area contributed by atoms with E-state index in [2.05, 4.69) is 183 Å². The van der Waals surface area contributed by atoms with Gasteiger partial charge in [0.25, 0.3) is 0 Å². The number of rotatable bonds is 7. The lowest BCUT2D eigenvalue weighted by Crippen LogP contribution is -2.11. The topological polar surface area (TPSA) is 6.48 Å². The summed E-state index contributed by atoms with van der Waals surface area (Å²) in [5.41, 5.74) is 14.4. The number of benzene rings is 6. The molecule has 0 aromatic heterocycles. The van der Waals surface area contributed by atoms with Crippen LogP contribution in [0.5, 0.6) is 0 Å². The fourth-order valence-corrected chi connectivity index (χ4v) is 5.56. The Kier molecular flexibility index (Phi) is 7.62. The van der Waals surface area contributed by atoms with Crippen molar-refractivity contribution in [1.29, 1.82) is 0 Å². The molecule has 2 heteroatoms. The maximum Gasteiger partial charge on any atom is 0.0490 e. The van der Waals surface area contributed by atoms with Crippen LogP contribution in [0, 0.1) is 27.7 Å². The zero-order valence-electron chi connectivity index (χ0n) is 24.8. The summed E-state index contributed by atoms with van der Waals surface area (Å²) in [6.07, 6.45) is 0. The predicted octanol–water partition coefficient (Wildman–Crippen LogP) is 11.5. The van der Waals surface area contributed by atoms with Crippen LogP contribution in [-0.4, -0.2) is 0 Å². The molecular formula is C40H36N2. The normalized spacial score (nSPS) is 10.9. The van der Waals surface area contributed by atoms with Gasteiger partial charge in [-0.25, -0.2) is 0 Å². The van der Waals surface area contributed by atoms with Crippen LogP contribution in [0.4, 0.5) is 34.1 Å². The Labute approximate surface area is 250 Å². The number of nitrogens with zero attached hydrogens (tertiary/aromatic N) is 2. The van der Waals surface area contributed by atoms with Crippen molar-refractivity contribution in [3.8, 4) is 11.1 Å². The first-order chi connectivity index (χ1) is 20.5. The predicted molar refractivity (Wildman–Crippen MR) is 180 cm³/mol. The van der Waals surface area contributed by atoms with Crippen LogP contribution in [0.1, 0.15) is 22.3 Å². The summed E-state index contributed by atoms with van der Waals surface area (Å²) < 4.78 is 0. The molecule has 0 atom stereocenters. The van der Waals surface area contributed by atoms with Crippen LogP contribution < -0.4 is 9.80 Å². The summed E-state index contributed by atoms with van der Waals surface area (Å²) in [5.74, 6) is 0. The maximum atomic E-state index is 2.34. The highest BCUT2D eigenvalue weighted by Crippen LogP contribution is 2.39. The molecule has 0 saturated carbocycles. The van der Waals surface area contributed by atoms with E-state index in [1.165, 1.54) is 39.1 Å². The van der Waals surface area contributed by atoms with Crippen molar-refractivity contribution in [3.05, 3.63) is 168 Å². The molecule has 6 rings (SSSR count). The molecule has 0 saturated heterocycles. The van der Waals surface area contributed by atoms with Gasteiger partial charge in [0.05, 0.1) is 0 Å². The smallest absolute Gasteiger partial charge is 0.0490 e. The SMILES string of the molecule is Cc1ccc(N(c2ccccc2)c2ccc(-c3ccc(N(c4ccccc4)c4ccc(C)c(C)c4)cc3)cc2)c(C)c1. The summed E-state index contributed by atoms with van der Waals surface area (Å²) >= 11 is 0. The Bertz CT molecular complexity index is 1790. The second-order valence-corrected chi connectivity index (χ2v) is 11.0. The molecule has 0 aliphatic heterocycles. The van der Waals surface area contributed by atoms with Gasteiger partial charge in [0, 0.05) is 34.1 Å². The molecule has 6 aromatic rings. The van der Waals surface area contributed by atoms with Crippen molar-refractivity contribution < 1.29 is 0 Å². The van der Waals surface area contributed by atoms with E-state index in [0.29, 0.717) is 0 Å². The van der Waals surface area contributed by atoms with Gasteiger partial charge in [-0.3, -0.25) is 0 Å². The molecule has 0 amide bonds. The zero-order chi connectivity index (χ0) is 29.1. The molecule has 0 heterocycles. The second-order valence-electron chi connectivity index (χ2n) is 11.0. The van der Waals surface area contributed by atoms with Crippen molar-refractivity contribution in [2.45, 2.75) is 27.7 Å². The molecule has 0 N–H and O–H groups in total. The van der Waals surface area contributed by atoms with Gasteiger partial charge in [0.2, 0.25) is 0 Å². The van der Waals surface area contributed by atoms with E-state index in [0.717, 1.165) is 28.4 Å². The quantitative estimate of drug-likeness (QED) is 0.197. The lowest BCUT2D eigenvalue weighted by molar-refractivity contribution is 1.24. The minimum Gasteiger partial charge on any atom is -0.310 e. The van der Waals surface area contributed by atoms with Gasteiger partial charge in [-0.15, -0.1) is 0 Å². The van der Waals surface area contributed by atoms with E-state index in [9.17, 15) is 0 Å². The summed E-state index contributed by atoms with van der Waals surface area (Å²) in [6, 6.07) is 52.3. The van der Waals surface area contributed by atoms with Gasteiger partial charge in [-0.1, -0.05) is 84.4 Å². The number of hydrogen-bond acceptors (Lipinski definition) is 2. The highest BCUT2D eigenvalue weighted by atomic mass is 15.1. The lowest BCUT2D eigenvalue weighted by Gasteiger charge is -2.27. The summed E-state index contributed by atoms with van der Waals surface area (Å²) in [4.78, 5) is 4.66. The average molecular weight is 545 g/mol. The van der Waals surface area contributed by atoms with Gasteiger partial charge in [-0.05, 0) is 122 Å². The van der Waals surface area contributed by atoms with E-state index in [-0.39, 0.29) is 0 Å². The van der Waals surface area contributed by atoms with Crippen LogP contribution in [0.25, 0.3) is 11.1 Å². The summed E-state index contributed by atoms with van der Waals surface area (Å²) in [5, 5.41) is 0. The summed E-state index contributed by atoms with van der Waals surface area (Å²) in [7, 11) is 0. The standard InChI is InChI=1S/C40H36N2/c1-29-15-26-40(32(4)27-29)42(36-13-9-6-10-14-36)38-24-19-34(20-25-38)33-17-22-37(23-18-33)41(35-11-7-5-8-12-35)39-21-16-30(2)31(3)28-39/h5-28H,1-4H3. The lowest BCUT2D eigenvalue weighted by atomic mass is 10.0. The Morgan fingerprint density at radius 2 is 0.810 bits per heavy atom. The zero-order valence-corrected chi connectivity index (χ0v) is 24.8. The first kappa shape index (κ1) is 27.1. The highest BCUT2D eigenvalue weighted by molar-refractivity contribution is 5.81. The number of para-hydroxylation sites is 2. The molecule has 0 spiro atoms. The van der Waals surface area contributed by atoms with Crippen LogP contribution in [-0.2, 0) is 0 Å². The van der Waals surface area contributed by atoms with Gasteiger partial charge in [0.1, 0.15) is 0 Å². The Hall–Kier alpha value is -5.08. The molecule has 0 unspecified atom stereocenters. The molecule has 42 heavy (non-hydrogen) atoms. The number of aryl methyl sites for hydroxylation is 4. The largest absolute Gasteiger partial charge is 0.310 e. The minimum absolute atomic E-state index is 1.13. The van der Waals surface area contributed by atoms with E-state index in [4.69, 9.17) is 0 Å². The van der Waals surface area contributed by atoms with E-state index < -0.39 is 0 Å². The average Bonchev–Trinajstić information content (AvgIpc) is 3.02. The van der Waals surface area contributed by atoms with Crippen molar-refractivity contribution in [3.63, 3.8) is 0 Å². The van der Waals surface area contributed by atoms with Crippen molar-refractivity contribution >= 4 is 34.1 Å². The van der Waals surface area contributed by atoms with Crippen molar-refractivity contribution in [2.24, 2.45) is 0 Å². The van der Waals surface area contributed by atoms with Gasteiger partial charge >= 0.3 is 0 Å². The Balaban J connectivity index is 1.33. The Morgan fingerprint density at radius 3 is 1.33 bits per heavy atom. The molecule has 0 radical (unpaired) electrons. The monoisotopic (exact) mass is 544 g/mol. The summed E-state index contributed by atoms with van der Waals surface area (Å²) in [6.45, 7) is 8.66. The fourth-order valence-electron chi connectivity index (χ4n) is 5.56. The molecular weight excluding hydrogens is 508 g/mol. The molecule has 206 valence electrons. The third kappa shape index (κ3) is 5.57. The van der Waals surface area contributed by atoms with Gasteiger partial charge in [-0.2, -0.15) is 0 Å². The van der Waals surface area contributed by atoms with Gasteiger partial charge in [0.15, 0.2) is 0 Å². The van der Waals surface area contributed by atoms with Crippen LogP contribution >= 0.6 is 0 Å². The van der Waals surface area contributed by atoms with E-state index in [1.807, 2.05) is 0 Å². The first-order valence-corrected chi connectivity index (χ1v) is 14.5. The van der Waals surface area contributed by atoms with Crippen LogP contribution in [0.3, 0.4) is 0 Å². The van der Waals surface area contributed by atoms with E-state index in [1.54, 1.807) is 0 Å². The molecule has 2 nitrogen and oxygen atoms in total. The second kappa shape index (κ2) is 11.8. The minimum atomic E-state index is 1.13. The van der Waals surface area contributed by atoms with Crippen molar-refractivity contribution in [2.75, 3.05) is 9.80 Å². The number of hydrogen-bond donors (Lipinski definition) is 0. The molecule has 0 aliphatic rings. The first-order valence-electron chi connectivity index (χ1n) is 14.5. The molecule has 6 aromatic carbocycles. The molecule has 0 aliphatic carbocycles. The maximum absolute atomic E-state index is 2.34. The van der Waals surface area contributed by atoms with Crippen LogP contribution in [0.2, 0.25) is 0 Å². The van der Waals surface area contributed by atoms with Gasteiger partial charge < -0.3 is 9.80 Å². The highest BCUT2D eigenvalue weighted by Gasteiger charge is 2.16. The third-order valence-corrected chi connectivity index (χ3v) is 7.96. The molecule has 0 bridgehead atoms. The van der Waals surface area contributed by atoms with Crippen molar-refractivity contribution in [1.82, 2.24) is 0 Å². The molecule has 0 fully saturated rings. The Morgan fingerprint density at radius 1 is 0.333 bits per heavy atom. The van der Waals surface area contributed by atoms with Crippen LogP contribution in [0.15, 0.2) is 146 Å². The third-order valence-electron chi connectivity index (χ3n) is 7.96.